The van der Waals surface area contributed by atoms with Gasteiger partial charge in [0.15, 0.2) is 0 Å². The second-order valence-corrected chi connectivity index (χ2v) is 11.0. The van der Waals surface area contributed by atoms with Gasteiger partial charge in [-0.25, -0.2) is 4.90 Å². The van der Waals surface area contributed by atoms with Gasteiger partial charge in [-0.3, -0.25) is 14.4 Å². The zero-order chi connectivity index (χ0) is 22.8. The van der Waals surface area contributed by atoms with Crippen LogP contribution < -0.4 is 0 Å². The molecule has 4 nitrogen and oxygen atoms in total. The molecule has 32 heavy (non-hydrogen) atoms. The number of carbonyl (C=O) groups excluding carboxylic acids is 3. The van der Waals surface area contributed by atoms with Crippen molar-refractivity contribution in [1.82, 2.24) is 4.90 Å². The molecule has 0 N–H and O–H groups in total. The van der Waals surface area contributed by atoms with Gasteiger partial charge in [0.05, 0.1) is 16.5 Å². The van der Waals surface area contributed by atoms with Gasteiger partial charge in [-0.05, 0) is 73.0 Å². The van der Waals surface area contributed by atoms with Gasteiger partial charge in [-0.1, -0.05) is 64.0 Å². The molecule has 1 aromatic rings. The molecule has 3 amide bonds. The van der Waals surface area contributed by atoms with Crippen LogP contribution in [-0.2, 0) is 4.79 Å². The Kier molecular flexibility index (Phi) is 4.85. The van der Waals surface area contributed by atoms with E-state index < -0.39 is 17.2 Å². The van der Waals surface area contributed by atoms with Gasteiger partial charge in [0, 0.05) is 0 Å². The van der Waals surface area contributed by atoms with Crippen LogP contribution in [0.5, 0.6) is 0 Å². The number of fused-ring (bicyclic) bond motifs is 4. The summed E-state index contributed by atoms with van der Waals surface area (Å²) in [5.74, 6) is -0.0848. The Balaban J connectivity index is 1.51. The fourth-order valence-electron chi connectivity index (χ4n) is 7.23. The predicted octanol–water partition coefficient (Wildman–Crippen LogP) is 5.94. The van der Waals surface area contributed by atoms with Gasteiger partial charge in [0.2, 0.25) is 5.91 Å². The highest BCUT2D eigenvalue weighted by Gasteiger charge is 2.59. The number of hydrogen-bond donors (Lipinski definition) is 0. The van der Waals surface area contributed by atoms with Gasteiger partial charge >= 0.3 is 0 Å². The van der Waals surface area contributed by atoms with Crippen LogP contribution in [0.4, 0.5) is 0 Å². The van der Waals surface area contributed by atoms with Crippen molar-refractivity contribution in [2.45, 2.75) is 66.2 Å². The number of allylic oxidation sites excluding steroid dienone is 4. The van der Waals surface area contributed by atoms with Gasteiger partial charge < -0.3 is 0 Å². The summed E-state index contributed by atoms with van der Waals surface area (Å²) in [5, 5.41) is 0. The molecule has 1 aromatic carbocycles. The van der Waals surface area contributed by atoms with Crippen LogP contribution in [0.2, 0.25) is 0 Å². The highest BCUT2D eigenvalue weighted by atomic mass is 16.2. The first kappa shape index (κ1) is 21.4. The minimum absolute atomic E-state index is 0.00439. The third-order valence-electron chi connectivity index (χ3n) is 9.07. The van der Waals surface area contributed by atoms with Crippen LogP contribution in [0, 0.1) is 28.6 Å². The number of hydrogen-bond acceptors (Lipinski definition) is 3. The molecule has 4 heteroatoms. The Bertz CT molecular complexity index is 1040. The Morgan fingerprint density at radius 3 is 2.34 bits per heavy atom. The van der Waals surface area contributed by atoms with Crippen molar-refractivity contribution in [3.63, 3.8) is 0 Å². The molecule has 4 aliphatic rings. The van der Waals surface area contributed by atoms with Crippen LogP contribution in [-0.4, -0.2) is 22.6 Å². The maximum Gasteiger partial charge on any atom is 0.268 e. The van der Waals surface area contributed by atoms with Crippen molar-refractivity contribution in [1.29, 1.82) is 0 Å². The molecule has 168 valence electrons. The van der Waals surface area contributed by atoms with Gasteiger partial charge in [-0.15, -0.1) is 0 Å². The Morgan fingerprint density at radius 2 is 1.72 bits per heavy atom. The first-order chi connectivity index (χ1) is 15.2. The summed E-state index contributed by atoms with van der Waals surface area (Å²) < 4.78 is 0. The van der Waals surface area contributed by atoms with Gasteiger partial charge in [-0.2, -0.15) is 0 Å². The molecule has 0 spiro atoms. The molecule has 0 saturated heterocycles. The van der Waals surface area contributed by atoms with Crippen molar-refractivity contribution < 1.29 is 14.4 Å². The lowest BCUT2D eigenvalue weighted by Crippen LogP contribution is -2.57. The highest BCUT2D eigenvalue weighted by Crippen LogP contribution is 2.62. The van der Waals surface area contributed by atoms with Crippen molar-refractivity contribution >= 4 is 17.7 Å². The summed E-state index contributed by atoms with van der Waals surface area (Å²) in [6.07, 6.45) is 10.6. The van der Waals surface area contributed by atoms with Crippen molar-refractivity contribution in [3.05, 3.63) is 58.7 Å². The Morgan fingerprint density at radius 1 is 1.06 bits per heavy atom. The van der Waals surface area contributed by atoms with E-state index in [1.807, 2.05) is 6.92 Å². The van der Waals surface area contributed by atoms with Crippen LogP contribution in [0.25, 0.3) is 0 Å². The lowest BCUT2D eigenvalue weighted by atomic mass is 9.46. The number of nitrogens with zero attached hydrogens (tertiary/aromatic N) is 1. The smallest absolute Gasteiger partial charge is 0.268 e. The first-order valence-corrected chi connectivity index (χ1v) is 12.1. The number of carbonyl (C=O) groups is 3. The predicted molar refractivity (Wildman–Crippen MR) is 124 cm³/mol. The van der Waals surface area contributed by atoms with Crippen LogP contribution in [0.1, 0.15) is 86.9 Å². The molecule has 1 saturated carbocycles. The Labute approximate surface area is 190 Å². The van der Waals surface area contributed by atoms with E-state index >= 15 is 0 Å². The summed E-state index contributed by atoms with van der Waals surface area (Å²) in [4.78, 5) is 41.0. The third kappa shape index (κ3) is 2.84. The summed E-state index contributed by atoms with van der Waals surface area (Å²) in [6.45, 7) is 8.89. The highest BCUT2D eigenvalue weighted by molar-refractivity contribution is 6.29. The van der Waals surface area contributed by atoms with E-state index in [1.54, 1.807) is 24.3 Å². The van der Waals surface area contributed by atoms with E-state index in [9.17, 15) is 14.4 Å². The molecule has 0 radical (unpaired) electrons. The van der Waals surface area contributed by atoms with E-state index in [0.29, 0.717) is 23.0 Å². The summed E-state index contributed by atoms with van der Waals surface area (Å²) in [6, 6.07) is 6.78. The van der Waals surface area contributed by atoms with Crippen molar-refractivity contribution in [2.75, 3.05) is 0 Å². The number of imide groups is 3. The molecule has 3 aliphatic carbocycles. The van der Waals surface area contributed by atoms with Crippen LogP contribution >= 0.6 is 0 Å². The largest absolute Gasteiger partial charge is 0.273 e. The summed E-state index contributed by atoms with van der Waals surface area (Å²) in [7, 11) is 0. The van der Waals surface area contributed by atoms with Crippen LogP contribution in [0.15, 0.2) is 47.6 Å². The van der Waals surface area contributed by atoms with E-state index in [1.165, 1.54) is 11.1 Å². The fourth-order valence-corrected chi connectivity index (χ4v) is 7.23. The zero-order valence-corrected chi connectivity index (χ0v) is 19.6. The maximum absolute atomic E-state index is 14.0. The van der Waals surface area contributed by atoms with Crippen molar-refractivity contribution in [2.24, 2.45) is 28.6 Å². The standard InChI is InChI=1S/C28H33NO3/c1-17(2)18-10-12-22-19(16-18)11-13-23-27(22,3)14-7-15-28(23,4)26(32)29-24(30)20-8-5-6-9-21(20)25(29)31/h5-6,8-9,11,16-17,22-23H,7,10,12-15H2,1-4H3/t22-,23+,27-,28-/m1/s1. The minimum Gasteiger partial charge on any atom is -0.273 e. The molecular weight excluding hydrogens is 398 g/mol. The van der Waals surface area contributed by atoms with Crippen LogP contribution in [0.3, 0.4) is 0 Å². The lowest BCUT2D eigenvalue weighted by molar-refractivity contribution is -0.150. The van der Waals surface area contributed by atoms with Crippen molar-refractivity contribution in [3.8, 4) is 0 Å². The second kappa shape index (κ2) is 7.26. The van der Waals surface area contributed by atoms with E-state index in [4.69, 9.17) is 0 Å². The summed E-state index contributed by atoms with van der Waals surface area (Å²) >= 11 is 0. The average Bonchev–Trinajstić information content (AvgIpc) is 3.03. The maximum atomic E-state index is 14.0. The number of amides is 3. The van der Waals surface area contributed by atoms with Gasteiger partial charge in [0.1, 0.15) is 0 Å². The molecule has 1 aliphatic heterocycles. The Hall–Kier alpha value is -2.49. The number of benzene rings is 1. The SMILES string of the molecule is CC(C)C1=CC2=CC[C@H]3[C@](C)(CCC[C@@]3(C)C(=O)N3C(=O)c4ccccc4C3=O)[C@@H]2CC1. The quantitative estimate of drug-likeness (QED) is 0.544. The molecule has 0 aromatic heterocycles. The molecule has 1 heterocycles. The van der Waals surface area contributed by atoms with E-state index in [-0.39, 0.29) is 17.2 Å². The molecule has 0 unspecified atom stereocenters. The normalized spacial score (nSPS) is 34.0. The lowest BCUT2D eigenvalue weighted by Gasteiger charge is -2.58. The molecular formula is C28H33NO3. The molecule has 1 fully saturated rings. The average molecular weight is 432 g/mol. The second-order valence-electron chi connectivity index (χ2n) is 11.0. The third-order valence-corrected chi connectivity index (χ3v) is 9.07. The molecule has 5 rings (SSSR count). The number of rotatable bonds is 2. The minimum atomic E-state index is -0.718. The first-order valence-electron chi connectivity index (χ1n) is 12.1. The topological polar surface area (TPSA) is 54.5 Å². The fraction of sp³-hybridized carbons (Fsp3) is 0.536. The van der Waals surface area contributed by atoms with E-state index in [2.05, 4.69) is 32.9 Å². The molecule has 0 bridgehead atoms. The summed E-state index contributed by atoms with van der Waals surface area (Å²) in [5.41, 5.74) is 2.94. The van der Waals surface area contributed by atoms with Gasteiger partial charge in [0.25, 0.3) is 11.8 Å². The van der Waals surface area contributed by atoms with E-state index in [0.717, 1.165) is 43.4 Å². The molecule has 4 atom stereocenters. The zero-order valence-electron chi connectivity index (χ0n) is 19.6. The monoisotopic (exact) mass is 431 g/mol.